The Balaban J connectivity index is 3.03. The lowest BCUT2D eigenvalue weighted by Crippen LogP contribution is -1.87. The van der Waals surface area contributed by atoms with Crippen LogP contribution >= 0.6 is 0 Å². The Kier molecular flexibility index (Phi) is 1.46. The molecule has 2 aromatic rings. The molecule has 0 aliphatic rings. The van der Waals surface area contributed by atoms with E-state index in [0.717, 1.165) is 22.5 Å². The molecule has 2 aromatic heterocycles. The number of hydrogen-bond acceptors (Lipinski definition) is 1. The van der Waals surface area contributed by atoms with E-state index in [4.69, 9.17) is 5.26 Å². The summed E-state index contributed by atoms with van der Waals surface area (Å²) in [4.78, 5) is 0. The number of imidazole rings is 1. The number of nitrogens with zero attached hydrogens (tertiary/aromatic N) is 3. The van der Waals surface area contributed by atoms with Crippen LogP contribution in [0.1, 0.15) is 16.8 Å². The SMILES string of the molecule is Cc1c(C#N)c2n(C)ccn2c1C. The van der Waals surface area contributed by atoms with E-state index in [1.807, 2.05) is 42.3 Å². The van der Waals surface area contributed by atoms with E-state index in [2.05, 4.69) is 6.07 Å². The summed E-state index contributed by atoms with van der Waals surface area (Å²) in [6.07, 6.45) is 3.95. The Morgan fingerprint density at radius 3 is 2.62 bits per heavy atom. The minimum absolute atomic E-state index is 0.782. The third kappa shape index (κ3) is 0.829. The van der Waals surface area contributed by atoms with Crippen LogP contribution in [0.3, 0.4) is 0 Å². The predicted molar refractivity (Wildman–Crippen MR) is 50.6 cm³/mol. The van der Waals surface area contributed by atoms with E-state index in [0.29, 0.717) is 0 Å². The van der Waals surface area contributed by atoms with E-state index in [1.165, 1.54) is 0 Å². The summed E-state index contributed by atoms with van der Waals surface area (Å²) in [5, 5.41) is 9.00. The van der Waals surface area contributed by atoms with Crippen molar-refractivity contribution in [2.45, 2.75) is 13.8 Å². The fraction of sp³-hybridized carbons (Fsp3) is 0.300. The van der Waals surface area contributed by atoms with Crippen molar-refractivity contribution in [3.05, 3.63) is 29.2 Å². The van der Waals surface area contributed by atoms with Crippen molar-refractivity contribution in [1.82, 2.24) is 8.97 Å². The summed E-state index contributed by atoms with van der Waals surface area (Å²) in [6, 6.07) is 2.24. The van der Waals surface area contributed by atoms with Gasteiger partial charge in [0, 0.05) is 25.1 Å². The molecule has 0 N–H and O–H groups in total. The monoisotopic (exact) mass is 173 g/mol. The third-order valence-electron chi connectivity index (χ3n) is 2.62. The maximum atomic E-state index is 9.00. The molecule has 2 rings (SSSR count). The molecule has 0 saturated carbocycles. The van der Waals surface area contributed by atoms with Crippen LogP contribution in [-0.2, 0) is 7.05 Å². The number of fused-ring (bicyclic) bond motifs is 1. The van der Waals surface area contributed by atoms with Gasteiger partial charge < -0.3 is 8.97 Å². The van der Waals surface area contributed by atoms with Gasteiger partial charge in [0.15, 0.2) is 0 Å². The van der Waals surface area contributed by atoms with E-state index >= 15 is 0 Å². The van der Waals surface area contributed by atoms with Crippen molar-refractivity contribution in [3.8, 4) is 6.07 Å². The van der Waals surface area contributed by atoms with E-state index < -0.39 is 0 Å². The third-order valence-corrected chi connectivity index (χ3v) is 2.62. The lowest BCUT2D eigenvalue weighted by Gasteiger charge is -1.91. The number of hydrogen-bond donors (Lipinski definition) is 0. The van der Waals surface area contributed by atoms with Crippen molar-refractivity contribution in [3.63, 3.8) is 0 Å². The molecule has 66 valence electrons. The van der Waals surface area contributed by atoms with Crippen LogP contribution < -0.4 is 0 Å². The largest absolute Gasteiger partial charge is 0.335 e. The first-order valence-electron chi connectivity index (χ1n) is 4.19. The van der Waals surface area contributed by atoms with Crippen LogP contribution in [0.2, 0.25) is 0 Å². The van der Waals surface area contributed by atoms with Gasteiger partial charge >= 0.3 is 0 Å². The van der Waals surface area contributed by atoms with Gasteiger partial charge in [0.2, 0.25) is 0 Å². The number of aryl methyl sites for hydroxylation is 2. The molecule has 0 radical (unpaired) electrons. The molecular formula is C10H11N3. The molecule has 3 heteroatoms. The Morgan fingerprint density at radius 1 is 1.31 bits per heavy atom. The quantitative estimate of drug-likeness (QED) is 0.597. The zero-order valence-corrected chi connectivity index (χ0v) is 8.00. The molecule has 3 nitrogen and oxygen atoms in total. The van der Waals surface area contributed by atoms with Gasteiger partial charge in [-0.15, -0.1) is 0 Å². The molecule has 13 heavy (non-hydrogen) atoms. The summed E-state index contributed by atoms with van der Waals surface area (Å²) < 4.78 is 4.02. The van der Waals surface area contributed by atoms with Crippen molar-refractivity contribution in [2.75, 3.05) is 0 Å². The predicted octanol–water partition coefficient (Wildman–Crippen LogP) is 1.77. The molecule has 0 unspecified atom stereocenters. The van der Waals surface area contributed by atoms with Crippen LogP contribution in [0.25, 0.3) is 5.65 Å². The minimum atomic E-state index is 0.782. The van der Waals surface area contributed by atoms with Gasteiger partial charge in [-0.3, -0.25) is 0 Å². The Labute approximate surface area is 76.8 Å². The normalized spacial score (nSPS) is 10.6. The molecule has 0 amide bonds. The molecule has 0 saturated heterocycles. The molecule has 0 fully saturated rings. The lowest BCUT2D eigenvalue weighted by molar-refractivity contribution is 0.954. The number of aromatic nitrogens is 2. The highest BCUT2D eigenvalue weighted by Gasteiger charge is 2.13. The molecule has 0 bridgehead atoms. The Morgan fingerprint density at radius 2 is 2.00 bits per heavy atom. The van der Waals surface area contributed by atoms with Crippen molar-refractivity contribution < 1.29 is 0 Å². The molecular weight excluding hydrogens is 162 g/mol. The average molecular weight is 173 g/mol. The first kappa shape index (κ1) is 7.93. The first-order chi connectivity index (χ1) is 6.16. The summed E-state index contributed by atoms with van der Waals surface area (Å²) in [6.45, 7) is 4.02. The van der Waals surface area contributed by atoms with Gasteiger partial charge in [-0.1, -0.05) is 0 Å². The number of nitriles is 1. The topological polar surface area (TPSA) is 33.1 Å². The van der Waals surface area contributed by atoms with Gasteiger partial charge in [0.05, 0.1) is 5.56 Å². The fourth-order valence-corrected chi connectivity index (χ4v) is 1.71. The Bertz CT molecular complexity index is 508. The van der Waals surface area contributed by atoms with Gasteiger partial charge in [-0.2, -0.15) is 5.26 Å². The number of rotatable bonds is 0. The van der Waals surface area contributed by atoms with Crippen molar-refractivity contribution in [2.24, 2.45) is 7.05 Å². The molecule has 0 aromatic carbocycles. The highest BCUT2D eigenvalue weighted by molar-refractivity contribution is 5.63. The second-order valence-corrected chi connectivity index (χ2v) is 3.30. The van der Waals surface area contributed by atoms with Crippen LogP contribution in [0.4, 0.5) is 0 Å². The zero-order valence-electron chi connectivity index (χ0n) is 8.00. The summed E-state index contributed by atoms with van der Waals surface area (Å²) in [7, 11) is 1.95. The minimum Gasteiger partial charge on any atom is -0.335 e. The van der Waals surface area contributed by atoms with E-state index in [1.54, 1.807) is 0 Å². The Hall–Kier alpha value is -1.69. The fourth-order valence-electron chi connectivity index (χ4n) is 1.71. The van der Waals surface area contributed by atoms with E-state index in [-0.39, 0.29) is 0 Å². The van der Waals surface area contributed by atoms with Gasteiger partial charge in [-0.05, 0) is 19.4 Å². The van der Waals surface area contributed by atoms with Crippen LogP contribution in [0, 0.1) is 25.2 Å². The summed E-state index contributed by atoms with van der Waals surface area (Å²) >= 11 is 0. The molecule has 0 aliphatic carbocycles. The average Bonchev–Trinajstić information content (AvgIpc) is 2.58. The zero-order chi connectivity index (χ0) is 9.59. The van der Waals surface area contributed by atoms with Gasteiger partial charge in [0.25, 0.3) is 0 Å². The van der Waals surface area contributed by atoms with Gasteiger partial charge in [-0.25, -0.2) is 0 Å². The standard InChI is InChI=1S/C10H11N3/c1-7-8(2)13-5-4-12(3)10(13)9(7)6-11/h4-5H,1-3H3. The van der Waals surface area contributed by atoms with Crippen molar-refractivity contribution in [1.29, 1.82) is 5.26 Å². The molecule has 2 heterocycles. The molecule has 0 aliphatic heterocycles. The van der Waals surface area contributed by atoms with Crippen LogP contribution in [0.5, 0.6) is 0 Å². The molecule has 0 atom stereocenters. The van der Waals surface area contributed by atoms with Crippen LogP contribution in [-0.4, -0.2) is 8.97 Å². The molecule has 0 spiro atoms. The summed E-state index contributed by atoms with van der Waals surface area (Å²) in [5.41, 5.74) is 3.99. The first-order valence-corrected chi connectivity index (χ1v) is 4.19. The van der Waals surface area contributed by atoms with Gasteiger partial charge in [0.1, 0.15) is 11.7 Å². The maximum Gasteiger partial charge on any atom is 0.135 e. The highest BCUT2D eigenvalue weighted by atomic mass is 15.1. The maximum absolute atomic E-state index is 9.00. The van der Waals surface area contributed by atoms with Crippen LogP contribution in [0.15, 0.2) is 12.4 Å². The summed E-state index contributed by atoms with van der Waals surface area (Å²) in [5.74, 6) is 0. The van der Waals surface area contributed by atoms with E-state index in [9.17, 15) is 0 Å². The van der Waals surface area contributed by atoms with Crippen molar-refractivity contribution >= 4 is 5.65 Å². The second-order valence-electron chi connectivity index (χ2n) is 3.30. The second kappa shape index (κ2) is 2.40. The smallest absolute Gasteiger partial charge is 0.135 e. The lowest BCUT2D eigenvalue weighted by atomic mass is 10.2. The highest BCUT2D eigenvalue weighted by Crippen LogP contribution is 2.21.